The minimum Gasteiger partial charge on any atom is -0.486 e. The molecule has 0 aliphatic carbocycles. The normalized spacial score (nSPS) is 17.3. The first-order valence-corrected chi connectivity index (χ1v) is 6.04. The van der Waals surface area contributed by atoms with Gasteiger partial charge < -0.3 is 20.0 Å². The van der Waals surface area contributed by atoms with Crippen LogP contribution in [-0.4, -0.2) is 41.2 Å². The number of halogens is 2. The summed E-state index contributed by atoms with van der Waals surface area (Å²) in [5.74, 6) is -0.438. The van der Waals surface area contributed by atoms with Gasteiger partial charge in [0, 0.05) is 12.5 Å². The molecule has 1 amide bonds. The van der Waals surface area contributed by atoms with Gasteiger partial charge in [-0.05, 0) is 0 Å². The Balaban J connectivity index is 1.79. The number of amides is 1. The lowest BCUT2D eigenvalue weighted by atomic mass is 10.2. The molecule has 0 fully saturated rings. The van der Waals surface area contributed by atoms with Crippen molar-refractivity contribution in [3.05, 3.63) is 23.2 Å². The molecule has 0 radical (unpaired) electrons. The van der Waals surface area contributed by atoms with Crippen LogP contribution in [0.3, 0.4) is 0 Å². The van der Waals surface area contributed by atoms with Crippen molar-refractivity contribution in [3.8, 4) is 5.75 Å². The Morgan fingerprint density at radius 1 is 1.70 bits per heavy atom. The van der Waals surface area contributed by atoms with E-state index in [1.807, 2.05) is 0 Å². The molecule has 2 heterocycles. The van der Waals surface area contributed by atoms with Crippen LogP contribution in [-0.2, 0) is 4.84 Å². The number of carbonyl (C=O) groups is 1. The van der Waals surface area contributed by atoms with E-state index in [0.29, 0.717) is 12.1 Å². The highest BCUT2D eigenvalue weighted by Gasteiger charge is 2.22. The van der Waals surface area contributed by atoms with Crippen LogP contribution < -0.4 is 10.1 Å². The molecule has 1 aromatic heterocycles. The smallest absolute Gasteiger partial charge is 0.404 e. The summed E-state index contributed by atoms with van der Waals surface area (Å²) < 4.78 is 18.3. The van der Waals surface area contributed by atoms with Gasteiger partial charge in [0.25, 0.3) is 0 Å². The fraction of sp³-hybridized carbons (Fsp3) is 0.364. The van der Waals surface area contributed by atoms with Crippen LogP contribution in [0.4, 0.5) is 9.18 Å². The molecule has 0 bridgehead atoms. The molecule has 0 saturated carbocycles. The van der Waals surface area contributed by atoms with Crippen LogP contribution in [0, 0.1) is 5.82 Å². The summed E-state index contributed by atoms with van der Waals surface area (Å²) in [6, 6.07) is 1.12. The van der Waals surface area contributed by atoms with Gasteiger partial charge in [0.05, 0.1) is 18.5 Å². The quantitative estimate of drug-likeness (QED) is 0.807. The summed E-state index contributed by atoms with van der Waals surface area (Å²) >= 11 is 5.75. The highest BCUT2D eigenvalue weighted by Crippen LogP contribution is 2.23. The second kappa shape index (κ2) is 6.38. The first-order chi connectivity index (χ1) is 9.54. The summed E-state index contributed by atoms with van der Waals surface area (Å²) in [5.41, 5.74) is 0.560. The van der Waals surface area contributed by atoms with E-state index in [1.165, 1.54) is 0 Å². The largest absolute Gasteiger partial charge is 0.486 e. The van der Waals surface area contributed by atoms with Crippen molar-refractivity contribution in [1.29, 1.82) is 0 Å². The molecule has 1 atom stereocenters. The lowest BCUT2D eigenvalue weighted by Crippen LogP contribution is -2.28. The van der Waals surface area contributed by atoms with Crippen LogP contribution in [0.5, 0.6) is 5.75 Å². The van der Waals surface area contributed by atoms with Crippen molar-refractivity contribution in [2.24, 2.45) is 5.16 Å². The van der Waals surface area contributed by atoms with Crippen LogP contribution in [0.25, 0.3) is 0 Å². The molecular weight excluding hydrogens is 293 g/mol. The molecule has 20 heavy (non-hydrogen) atoms. The maximum atomic E-state index is 13.0. The molecule has 1 aliphatic heterocycles. The first kappa shape index (κ1) is 14.3. The average molecular weight is 304 g/mol. The summed E-state index contributed by atoms with van der Waals surface area (Å²) in [6.07, 6.45) is -0.106. The zero-order chi connectivity index (χ0) is 14.5. The van der Waals surface area contributed by atoms with Gasteiger partial charge in [-0.1, -0.05) is 16.8 Å². The number of nitrogens with zero attached hydrogens (tertiary/aromatic N) is 2. The van der Waals surface area contributed by atoms with E-state index in [-0.39, 0.29) is 30.2 Å². The van der Waals surface area contributed by atoms with Crippen molar-refractivity contribution in [2.45, 2.75) is 12.5 Å². The highest BCUT2D eigenvalue weighted by molar-refractivity contribution is 6.30. The lowest BCUT2D eigenvalue weighted by molar-refractivity contribution is 0.0469. The number of carboxylic acid groups (broad SMARTS) is 1. The van der Waals surface area contributed by atoms with Crippen molar-refractivity contribution in [2.75, 3.05) is 13.2 Å². The first-order valence-electron chi connectivity index (χ1n) is 5.67. The molecule has 108 valence electrons. The zero-order valence-corrected chi connectivity index (χ0v) is 10.9. The molecule has 2 rings (SSSR count). The van der Waals surface area contributed by atoms with Crippen molar-refractivity contribution >= 4 is 23.4 Å². The molecule has 1 aromatic rings. The Labute approximate surface area is 118 Å². The summed E-state index contributed by atoms with van der Waals surface area (Å²) in [7, 11) is 0. The molecule has 1 unspecified atom stereocenters. The number of hydrogen-bond donors (Lipinski definition) is 2. The fourth-order valence-corrected chi connectivity index (χ4v) is 1.70. The number of aromatic nitrogens is 1. The third kappa shape index (κ3) is 3.95. The van der Waals surface area contributed by atoms with E-state index in [9.17, 15) is 9.18 Å². The fourth-order valence-electron chi connectivity index (χ4n) is 1.55. The Morgan fingerprint density at radius 3 is 3.25 bits per heavy atom. The maximum absolute atomic E-state index is 13.0. The van der Waals surface area contributed by atoms with Crippen LogP contribution in [0.1, 0.15) is 6.42 Å². The van der Waals surface area contributed by atoms with E-state index < -0.39 is 11.9 Å². The van der Waals surface area contributed by atoms with Gasteiger partial charge in [-0.25, -0.2) is 14.2 Å². The maximum Gasteiger partial charge on any atom is 0.404 e. The number of hydrogen-bond acceptors (Lipinski definition) is 5. The zero-order valence-electron chi connectivity index (χ0n) is 10.2. The monoisotopic (exact) mass is 303 g/mol. The standard InChI is InChI=1S/C11H11ClFN3O4/c12-10-9(1-6(13)3-14-10)19-5-8-2-7(16-20-8)4-15-11(17)18/h1,3,8,15H,2,4-5H2,(H,17,18). The van der Waals surface area contributed by atoms with Crippen molar-refractivity contribution in [3.63, 3.8) is 0 Å². The Hall–Kier alpha value is -2.09. The second-order valence-corrected chi connectivity index (χ2v) is 4.36. The van der Waals surface area contributed by atoms with Crippen LogP contribution >= 0.6 is 11.6 Å². The molecule has 0 saturated heterocycles. The van der Waals surface area contributed by atoms with Gasteiger partial charge in [-0.15, -0.1) is 0 Å². The van der Waals surface area contributed by atoms with Crippen molar-refractivity contribution < 1.29 is 23.9 Å². The number of rotatable bonds is 5. The minimum atomic E-state index is -1.13. The summed E-state index contributed by atoms with van der Waals surface area (Å²) in [5, 5.41) is 14.4. The summed E-state index contributed by atoms with van der Waals surface area (Å²) in [4.78, 5) is 19.0. The van der Waals surface area contributed by atoms with Crippen molar-refractivity contribution in [1.82, 2.24) is 10.3 Å². The van der Waals surface area contributed by atoms with Gasteiger partial charge in [-0.3, -0.25) is 0 Å². The van der Waals surface area contributed by atoms with Gasteiger partial charge in [-0.2, -0.15) is 0 Å². The third-order valence-electron chi connectivity index (χ3n) is 2.44. The molecular formula is C11H11ClFN3O4. The number of nitrogens with one attached hydrogen (secondary N) is 1. The third-order valence-corrected chi connectivity index (χ3v) is 2.72. The second-order valence-electron chi connectivity index (χ2n) is 4.00. The topological polar surface area (TPSA) is 93.0 Å². The van der Waals surface area contributed by atoms with Crippen LogP contribution in [0.2, 0.25) is 5.15 Å². The molecule has 1 aliphatic rings. The predicted octanol–water partition coefficient (Wildman–Crippen LogP) is 1.67. The molecule has 2 N–H and O–H groups in total. The molecule has 9 heteroatoms. The predicted molar refractivity (Wildman–Crippen MR) is 67.7 cm³/mol. The minimum absolute atomic E-state index is 0.0538. The van der Waals surface area contributed by atoms with Gasteiger partial charge >= 0.3 is 6.09 Å². The van der Waals surface area contributed by atoms with E-state index in [0.717, 1.165) is 12.3 Å². The molecule has 0 spiro atoms. The Kier molecular flexibility index (Phi) is 4.57. The summed E-state index contributed by atoms with van der Waals surface area (Å²) in [6.45, 7) is 0.193. The van der Waals surface area contributed by atoms with E-state index >= 15 is 0 Å². The van der Waals surface area contributed by atoms with Crippen LogP contribution in [0.15, 0.2) is 17.4 Å². The number of pyridine rings is 1. The van der Waals surface area contributed by atoms with E-state index in [1.54, 1.807) is 0 Å². The Bertz CT molecular complexity index is 540. The Morgan fingerprint density at radius 2 is 2.50 bits per heavy atom. The van der Waals surface area contributed by atoms with Gasteiger partial charge in [0.15, 0.2) is 17.0 Å². The number of oxime groups is 1. The van der Waals surface area contributed by atoms with E-state index in [2.05, 4.69) is 15.5 Å². The van der Waals surface area contributed by atoms with Gasteiger partial charge in [0.1, 0.15) is 12.4 Å². The number of ether oxygens (including phenoxy) is 1. The highest BCUT2D eigenvalue weighted by atomic mass is 35.5. The molecule has 0 aromatic carbocycles. The van der Waals surface area contributed by atoms with Gasteiger partial charge in [0.2, 0.25) is 0 Å². The molecule has 7 nitrogen and oxygen atoms in total. The van der Waals surface area contributed by atoms with E-state index in [4.69, 9.17) is 26.3 Å². The lowest BCUT2D eigenvalue weighted by Gasteiger charge is -2.11. The average Bonchev–Trinajstić information content (AvgIpc) is 2.85. The SMILES string of the molecule is O=C(O)NCC1=NOC(COc2cc(F)cnc2Cl)C1.